The summed E-state index contributed by atoms with van der Waals surface area (Å²) in [4.78, 5) is 21.5. The van der Waals surface area contributed by atoms with E-state index in [0.29, 0.717) is 13.2 Å². The molecule has 0 N–H and O–H groups in total. The molecule has 0 aromatic heterocycles. The standard InChI is InChI=1S/C13H16O2.C7H12O2.C6H5Br/c1-2-3-11-15-13(14)10-9-12-7-5-4-6-8-12;1-3-5-6-9-7(8)4-2;7-6-4-2-1-3-5-6/h4-10H,2-3,11H2,1H3;4H,2-3,5-6H2,1H3;1-5H/b10-9+;;. The molecule has 0 atom stereocenters. The Morgan fingerprint density at radius 2 is 1.32 bits per heavy atom. The molecule has 0 aliphatic rings. The summed E-state index contributed by atoms with van der Waals surface area (Å²) in [7, 11) is 0. The van der Waals surface area contributed by atoms with Crippen molar-refractivity contribution in [2.24, 2.45) is 0 Å². The Labute approximate surface area is 195 Å². The van der Waals surface area contributed by atoms with Gasteiger partial charge in [0, 0.05) is 16.6 Å². The third-order valence-corrected chi connectivity index (χ3v) is 4.12. The Bertz CT molecular complexity index is 743. The van der Waals surface area contributed by atoms with Gasteiger partial charge in [0.2, 0.25) is 0 Å². The first-order valence-electron chi connectivity index (χ1n) is 10.4. The van der Waals surface area contributed by atoms with Crippen molar-refractivity contribution >= 4 is 33.9 Å². The zero-order valence-electron chi connectivity index (χ0n) is 18.5. The summed E-state index contributed by atoms with van der Waals surface area (Å²) in [5.74, 6) is -0.601. The fraction of sp³-hybridized carbons (Fsp3) is 0.308. The zero-order valence-corrected chi connectivity index (χ0v) is 20.1. The maximum Gasteiger partial charge on any atom is 0.330 e. The number of rotatable bonds is 9. The minimum Gasteiger partial charge on any atom is -0.463 e. The van der Waals surface area contributed by atoms with Crippen LogP contribution in [0.4, 0.5) is 0 Å². The van der Waals surface area contributed by atoms with Crippen LogP contribution in [-0.4, -0.2) is 25.2 Å². The van der Waals surface area contributed by atoms with E-state index in [9.17, 15) is 9.59 Å². The van der Waals surface area contributed by atoms with E-state index >= 15 is 0 Å². The first kappa shape index (κ1) is 28.3. The van der Waals surface area contributed by atoms with E-state index in [4.69, 9.17) is 4.74 Å². The molecular formula is C26H33BrO4. The maximum absolute atomic E-state index is 11.2. The Kier molecular flexibility index (Phi) is 18.8. The average Bonchev–Trinajstić information content (AvgIpc) is 2.80. The second-order valence-corrected chi connectivity index (χ2v) is 7.20. The van der Waals surface area contributed by atoms with Gasteiger partial charge in [0.25, 0.3) is 0 Å². The first-order valence-corrected chi connectivity index (χ1v) is 11.2. The molecule has 0 saturated heterocycles. The second-order valence-electron chi connectivity index (χ2n) is 6.29. The largest absolute Gasteiger partial charge is 0.463 e. The van der Waals surface area contributed by atoms with Gasteiger partial charge in [-0.3, -0.25) is 0 Å². The number of hydrogen-bond donors (Lipinski definition) is 0. The van der Waals surface area contributed by atoms with Gasteiger partial charge in [0.05, 0.1) is 13.2 Å². The van der Waals surface area contributed by atoms with E-state index in [1.54, 1.807) is 6.08 Å². The quantitative estimate of drug-likeness (QED) is 0.216. The van der Waals surface area contributed by atoms with Gasteiger partial charge in [-0.2, -0.15) is 0 Å². The Morgan fingerprint density at radius 3 is 1.74 bits per heavy atom. The van der Waals surface area contributed by atoms with Crippen molar-refractivity contribution < 1.29 is 19.1 Å². The fourth-order valence-electron chi connectivity index (χ4n) is 1.88. The topological polar surface area (TPSA) is 52.6 Å². The molecule has 0 unspecified atom stereocenters. The van der Waals surface area contributed by atoms with Gasteiger partial charge in [-0.15, -0.1) is 0 Å². The number of halogens is 1. The predicted molar refractivity (Wildman–Crippen MR) is 132 cm³/mol. The molecular weight excluding hydrogens is 456 g/mol. The van der Waals surface area contributed by atoms with Crippen LogP contribution in [0.5, 0.6) is 0 Å². The predicted octanol–water partition coefficient (Wildman–Crippen LogP) is 7.01. The molecule has 168 valence electrons. The lowest BCUT2D eigenvalue weighted by Gasteiger charge is -1.98. The highest BCUT2D eigenvalue weighted by Gasteiger charge is 1.95. The molecule has 4 nitrogen and oxygen atoms in total. The number of carbonyl (C=O) groups is 2. The van der Waals surface area contributed by atoms with Crippen molar-refractivity contribution in [3.8, 4) is 0 Å². The number of unbranched alkanes of at least 4 members (excludes halogenated alkanes) is 2. The molecule has 2 rings (SSSR count). The van der Waals surface area contributed by atoms with Crippen LogP contribution in [-0.2, 0) is 19.1 Å². The Morgan fingerprint density at radius 1 is 0.839 bits per heavy atom. The smallest absolute Gasteiger partial charge is 0.330 e. The molecule has 2 aromatic carbocycles. The van der Waals surface area contributed by atoms with Crippen molar-refractivity contribution in [1.29, 1.82) is 0 Å². The second kappa shape index (κ2) is 20.6. The number of hydrogen-bond acceptors (Lipinski definition) is 4. The highest BCUT2D eigenvalue weighted by molar-refractivity contribution is 9.10. The van der Waals surface area contributed by atoms with Crippen LogP contribution in [0.1, 0.15) is 45.1 Å². The van der Waals surface area contributed by atoms with Gasteiger partial charge < -0.3 is 9.47 Å². The SMILES string of the molecule is Brc1ccccc1.C=CC(=O)OCCCC.CCCCOC(=O)/C=C/c1ccccc1. The molecule has 0 aliphatic heterocycles. The molecule has 0 bridgehead atoms. The lowest BCUT2D eigenvalue weighted by Crippen LogP contribution is -2.01. The summed E-state index contributed by atoms with van der Waals surface area (Å²) in [5, 5.41) is 0. The minimum absolute atomic E-state index is 0.271. The molecule has 0 radical (unpaired) electrons. The summed E-state index contributed by atoms with van der Waals surface area (Å²) in [6, 6.07) is 19.7. The van der Waals surface area contributed by atoms with Crippen molar-refractivity contribution in [2.75, 3.05) is 13.2 Å². The lowest BCUT2D eigenvalue weighted by molar-refractivity contribution is -0.138. The van der Waals surface area contributed by atoms with E-state index in [1.165, 1.54) is 12.2 Å². The van der Waals surface area contributed by atoms with Crippen molar-refractivity contribution in [3.05, 3.63) is 89.4 Å². The van der Waals surface area contributed by atoms with Gasteiger partial charge in [-0.1, -0.05) is 97.7 Å². The van der Waals surface area contributed by atoms with Gasteiger partial charge >= 0.3 is 11.9 Å². The highest BCUT2D eigenvalue weighted by Crippen LogP contribution is 2.05. The van der Waals surface area contributed by atoms with E-state index in [1.807, 2.05) is 67.6 Å². The van der Waals surface area contributed by atoms with Crippen molar-refractivity contribution in [3.63, 3.8) is 0 Å². The van der Waals surface area contributed by atoms with Crippen molar-refractivity contribution in [1.82, 2.24) is 0 Å². The normalized spacial score (nSPS) is 9.52. The van der Waals surface area contributed by atoms with Gasteiger partial charge in [-0.05, 0) is 36.6 Å². The lowest BCUT2D eigenvalue weighted by atomic mass is 10.2. The van der Waals surface area contributed by atoms with Crippen LogP contribution in [0.2, 0.25) is 0 Å². The average molecular weight is 489 g/mol. The van der Waals surface area contributed by atoms with Gasteiger partial charge in [0.1, 0.15) is 0 Å². The first-order chi connectivity index (χ1) is 15.0. The van der Waals surface area contributed by atoms with Crippen LogP contribution < -0.4 is 0 Å². The van der Waals surface area contributed by atoms with Gasteiger partial charge in [0.15, 0.2) is 0 Å². The number of esters is 2. The maximum atomic E-state index is 11.2. The summed E-state index contributed by atoms with van der Waals surface area (Å²) in [6.07, 6.45) is 8.33. The third kappa shape index (κ3) is 19.1. The molecule has 0 spiro atoms. The van der Waals surface area contributed by atoms with Crippen LogP contribution in [0.15, 0.2) is 83.9 Å². The third-order valence-electron chi connectivity index (χ3n) is 3.60. The van der Waals surface area contributed by atoms with E-state index < -0.39 is 0 Å². The van der Waals surface area contributed by atoms with Gasteiger partial charge in [-0.25, -0.2) is 9.59 Å². The molecule has 0 amide bonds. The van der Waals surface area contributed by atoms with Crippen LogP contribution >= 0.6 is 15.9 Å². The number of ether oxygens (including phenoxy) is 2. The van der Waals surface area contributed by atoms with E-state index in [-0.39, 0.29) is 11.9 Å². The summed E-state index contributed by atoms with van der Waals surface area (Å²) in [5.41, 5.74) is 1.00. The van der Waals surface area contributed by atoms with Crippen LogP contribution in [0, 0.1) is 0 Å². The minimum atomic E-state index is -0.330. The molecule has 5 heteroatoms. The molecule has 0 fully saturated rings. The van der Waals surface area contributed by atoms with E-state index in [0.717, 1.165) is 35.7 Å². The zero-order chi connectivity index (χ0) is 23.2. The fourth-order valence-corrected chi connectivity index (χ4v) is 2.19. The highest BCUT2D eigenvalue weighted by atomic mass is 79.9. The number of carbonyl (C=O) groups excluding carboxylic acids is 2. The summed E-state index contributed by atoms with van der Waals surface area (Å²) < 4.78 is 10.8. The monoisotopic (exact) mass is 488 g/mol. The Hall–Kier alpha value is -2.66. The van der Waals surface area contributed by atoms with Crippen LogP contribution in [0.3, 0.4) is 0 Å². The van der Waals surface area contributed by atoms with E-state index in [2.05, 4.69) is 34.2 Å². The van der Waals surface area contributed by atoms with Crippen LogP contribution in [0.25, 0.3) is 6.08 Å². The molecule has 0 saturated carbocycles. The Balaban J connectivity index is 0.000000478. The summed E-state index contributed by atoms with van der Waals surface area (Å²) >= 11 is 3.31. The molecule has 0 heterocycles. The summed E-state index contributed by atoms with van der Waals surface area (Å²) in [6.45, 7) is 8.39. The molecule has 2 aromatic rings. The van der Waals surface area contributed by atoms with Crippen molar-refractivity contribution in [2.45, 2.75) is 39.5 Å². The molecule has 31 heavy (non-hydrogen) atoms. The number of benzene rings is 2. The molecule has 0 aliphatic carbocycles.